The molecule has 0 aliphatic carbocycles. The van der Waals surface area contributed by atoms with Crippen molar-refractivity contribution in [2.75, 3.05) is 6.61 Å². The SMILES string of the molecule is CCOC(=O)C1=C[C@@H](C(=C(C)C)c2ccccc2)[C@H](C(=C(C)C)c2ccccc2)S1. The summed E-state index contributed by atoms with van der Waals surface area (Å²) in [6.07, 6.45) is 2.12. The summed E-state index contributed by atoms with van der Waals surface area (Å²) in [6, 6.07) is 21.0. The molecule has 2 nitrogen and oxygen atoms in total. The van der Waals surface area contributed by atoms with Crippen LogP contribution in [0.4, 0.5) is 0 Å². The highest BCUT2D eigenvalue weighted by Gasteiger charge is 2.38. The summed E-state index contributed by atoms with van der Waals surface area (Å²) >= 11 is 1.63. The first-order chi connectivity index (χ1) is 14.4. The van der Waals surface area contributed by atoms with E-state index in [1.807, 2.05) is 19.1 Å². The molecule has 0 amide bonds. The molecule has 1 aliphatic rings. The number of hydrogen-bond acceptors (Lipinski definition) is 3. The average molecular weight is 419 g/mol. The van der Waals surface area contributed by atoms with Gasteiger partial charge in [0.1, 0.15) is 0 Å². The maximum Gasteiger partial charge on any atom is 0.344 e. The molecule has 3 rings (SSSR count). The van der Waals surface area contributed by atoms with Crippen molar-refractivity contribution in [3.05, 3.63) is 93.9 Å². The Morgan fingerprint density at radius 2 is 1.33 bits per heavy atom. The minimum atomic E-state index is -0.225. The first-order valence-corrected chi connectivity index (χ1v) is 11.3. The normalized spacial score (nSPS) is 17.8. The fraction of sp³-hybridized carbons (Fsp3) is 0.296. The van der Waals surface area contributed by atoms with Gasteiger partial charge in [0.2, 0.25) is 0 Å². The van der Waals surface area contributed by atoms with Gasteiger partial charge in [-0.3, -0.25) is 0 Å². The van der Waals surface area contributed by atoms with Crippen LogP contribution >= 0.6 is 11.8 Å². The van der Waals surface area contributed by atoms with E-state index in [-0.39, 0.29) is 17.1 Å². The summed E-state index contributed by atoms with van der Waals surface area (Å²) in [7, 11) is 0. The molecule has 156 valence electrons. The van der Waals surface area contributed by atoms with Crippen LogP contribution in [-0.4, -0.2) is 17.8 Å². The molecule has 1 aliphatic heterocycles. The topological polar surface area (TPSA) is 26.3 Å². The number of thioether (sulfide) groups is 1. The summed E-state index contributed by atoms with van der Waals surface area (Å²) in [5.74, 6) is -0.135. The number of esters is 1. The van der Waals surface area contributed by atoms with Crippen LogP contribution in [0.1, 0.15) is 45.7 Å². The minimum Gasteiger partial charge on any atom is -0.462 e. The molecule has 0 fully saturated rings. The van der Waals surface area contributed by atoms with Crippen LogP contribution in [0.25, 0.3) is 11.1 Å². The van der Waals surface area contributed by atoms with Crippen LogP contribution in [0.2, 0.25) is 0 Å². The first kappa shape index (κ1) is 22.2. The molecule has 2 aromatic rings. The van der Waals surface area contributed by atoms with E-state index in [9.17, 15) is 4.79 Å². The molecule has 0 bridgehead atoms. The Bertz CT molecular complexity index is 976. The van der Waals surface area contributed by atoms with Gasteiger partial charge >= 0.3 is 5.97 Å². The van der Waals surface area contributed by atoms with E-state index in [1.54, 1.807) is 11.8 Å². The summed E-state index contributed by atoms with van der Waals surface area (Å²) in [5.41, 5.74) is 7.51. The zero-order chi connectivity index (χ0) is 21.7. The molecular weight excluding hydrogens is 388 g/mol. The lowest BCUT2D eigenvalue weighted by Crippen LogP contribution is -2.17. The lowest BCUT2D eigenvalue weighted by molar-refractivity contribution is -0.137. The van der Waals surface area contributed by atoms with Gasteiger partial charge in [-0.2, -0.15) is 0 Å². The van der Waals surface area contributed by atoms with Gasteiger partial charge in [-0.15, -0.1) is 11.8 Å². The zero-order valence-corrected chi connectivity index (χ0v) is 19.3. The van der Waals surface area contributed by atoms with E-state index < -0.39 is 0 Å². The van der Waals surface area contributed by atoms with Crippen LogP contribution in [0, 0.1) is 5.92 Å². The molecule has 2 atom stereocenters. The summed E-state index contributed by atoms with van der Waals surface area (Å²) in [4.78, 5) is 13.4. The van der Waals surface area contributed by atoms with Crippen molar-refractivity contribution in [2.45, 2.75) is 39.9 Å². The third kappa shape index (κ3) is 4.79. The van der Waals surface area contributed by atoms with Gasteiger partial charge in [-0.05, 0) is 56.9 Å². The van der Waals surface area contributed by atoms with Gasteiger partial charge in [0.05, 0.1) is 11.5 Å². The maximum atomic E-state index is 12.7. The molecule has 30 heavy (non-hydrogen) atoms. The van der Waals surface area contributed by atoms with Crippen LogP contribution in [0.3, 0.4) is 0 Å². The highest BCUT2D eigenvalue weighted by atomic mass is 32.2. The second-order valence-corrected chi connectivity index (χ2v) is 9.06. The van der Waals surface area contributed by atoms with E-state index in [2.05, 4.69) is 82.3 Å². The third-order valence-electron chi connectivity index (χ3n) is 5.25. The Labute approximate surface area is 184 Å². The van der Waals surface area contributed by atoms with E-state index in [4.69, 9.17) is 4.74 Å². The molecular formula is C27H30O2S. The predicted octanol–water partition coefficient (Wildman–Crippen LogP) is 7.15. The zero-order valence-electron chi connectivity index (χ0n) is 18.4. The molecule has 3 heteroatoms. The van der Waals surface area contributed by atoms with E-state index in [0.717, 1.165) is 0 Å². The van der Waals surface area contributed by atoms with Crippen molar-refractivity contribution in [2.24, 2.45) is 5.92 Å². The number of hydrogen-bond donors (Lipinski definition) is 0. The van der Waals surface area contributed by atoms with Crippen LogP contribution in [-0.2, 0) is 9.53 Å². The largest absolute Gasteiger partial charge is 0.462 e. The van der Waals surface area contributed by atoms with E-state index in [0.29, 0.717) is 11.5 Å². The Kier molecular flexibility index (Phi) is 7.38. The van der Waals surface area contributed by atoms with Crippen molar-refractivity contribution in [1.82, 2.24) is 0 Å². The molecule has 2 aromatic carbocycles. The molecule has 1 heterocycles. The highest BCUT2D eigenvalue weighted by Crippen LogP contribution is 2.50. The average Bonchev–Trinajstić information content (AvgIpc) is 3.14. The number of ether oxygens (including phenoxy) is 1. The maximum absolute atomic E-state index is 12.7. The lowest BCUT2D eigenvalue weighted by atomic mass is 9.81. The lowest BCUT2D eigenvalue weighted by Gasteiger charge is -2.27. The van der Waals surface area contributed by atoms with Gasteiger partial charge < -0.3 is 4.74 Å². The first-order valence-electron chi connectivity index (χ1n) is 10.4. The van der Waals surface area contributed by atoms with Gasteiger partial charge in [-0.25, -0.2) is 4.79 Å². The van der Waals surface area contributed by atoms with E-state index >= 15 is 0 Å². The second-order valence-electron chi connectivity index (χ2n) is 7.88. The Hall–Kier alpha value is -2.52. The third-order valence-corrected chi connectivity index (χ3v) is 6.59. The van der Waals surface area contributed by atoms with Crippen molar-refractivity contribution >= 4 is 28.9 Å². The summed E-state index contributed by atoms with van der Waals surface area (Å²) in [5, 5.41) is 0.113. The molecule has 0 unspecified atom stereocenters. The molecule has 0 radical (unpaired) electrons. The second kappa shape index (κ2) is 9.99. The number of allylic oxidation sites excluding steroid dienone is 4. The number of carbonyl (C=O) groups is 1. The van der Waals surface area contributed by atoms with Crippen molar-refractivity contribution < 1.29 is 9.53 Å². The quantitative estimate of drug-likeness (QED) is 0.466. The number of benzene rings is 2. The van der Waals surface area contributed by atoms with Gasteiger partial charge in [0.15, 0.2) is 0 Å². The smallest absolute Gasteiger partial charge is 0.344 e. The van der Waals surface area contributed by atoms with Gasteiger partial charge in [0, 0.05) is 11.2 Å². The molecule has 0 N–H and O–H groups in total. The van der Waals surface area contributed by atoms with Crippen molar-refractivity contribution in [3.63, 3.8) is 0 Å². The highest BCUT2D eigenvalue weighted by molar-refractivity contribution is 8.05. The monoisotopic (exact) mass is 418 g/mol. The van der Waals surface area contributed by atoms with Gasteiger partial charge in [-0.1, -0.05) is 77.9 Å². The predicted molar refractivity (Wildman–Crippen MR) is 129 cm³/mol. The van der Waals surface area contributed by atoms with Crippen LogP contribution in [0.5, 0.6) is 0 Å². The number of carbonyl (C=O) groups excluding carboxylic acids is 1. The number of rotatable bonds is 6. The Balaban J connectivity index is 2.15. The van der Waals surface area contributed by atoms with Gasteiger partial charge in [0.25, 0.3) is 0 Å². The standard InChI is InChI=1S/C27H30O2S/c1-6-29-27(28)23-17-22(24(18(2)3)20-13-9-7-10-14-20)26(30-23)25(19(4)5)21-15-11-8-12-16-21/h7-17,22,26H,6H2,1-5H3/t22-,26+/m0/s1. The van der Waals surface area contributed by atoms with Crippen molar-refractivity contribution in [3.8, 4) is 0 Å². The molecule has 0 saturated heterocycles. The Morgan fingerprint density at radius 3 is 1.80 bits per heavy atom. The van der Waals surface area contributed by atoms with Crippen LogP contribution < -0.4 is 0 Å². The van der Waals surface area contributed by atoms with E-state index in [1.165, 1.54) is 33.4 Å². The fourth-order valence-electron chi connectivity index (χ4n) is 4.08. The molecule has 0 saturated carbocycles. The fourth-order valence-corrected chi connectivity index (χ4v) is 5.58. The van der Waals surface area contributed by atoms with Crippen LogP contribution in [0.15, 0.2) is 82.8 Å². The summed E-state index contributed by atoms with van der Waals surface area (Å²) in [6.45, 7) is 10.9. The van der Waals surface area contributed by atoms with Crippen molar-refractivity contribution in [1.29, 1.82) is 0 Å². The Morgan fingerprint density at radius 1 is 0.833 bits per heavy atom. The molecule has 0 spiro atoms. The molecule has 0 aromatic heterocycles. The minimum absolute atomic E-state index is 0.0897. The summed E-state index contributed by atoms with van der Waals surface area (Å²) < 4.78 is 5.35.